The van der Waals surface area contributed by atoms with Crippen LogP contribution in [0.25, 0.3) is 0 Å². The first-order valence-electron chi connectivity index (χ1n) is 6.95. The van der Waals surface area contributed by atoms with E-state index in [0.29, 0.717) is 12.6 Å². The number of anilines is 1. The molecule has 19 heavy (non-hydrogen) atoms. The first-order chi connectivity index (χ1) is 9.22. The van der Waals surface area contributed by atoms with Crippen LogP contribution < -0.4 is 4.90 Å². The number of carbonyl (C=O) groups is 1. The van der Waals surface area contributed by atoms with Crippen LogP contribution in [0.5, 0.6) is 0 Å². The summed E-state index contributed by atoms with van der Waals surface area (Å²) >= 11 is 0. The normalized spacial score (nSPS) is 16.1. The van der Waals surface area contributed by atoms with E-state index in [2.05, 4.69) is 14.9 Å². The van der Waals surface area contributed by atoms with E-state index in [4.69, 9.17) is 4.74 Å². The molecule has 0 atom stereocenters. The van der Waals surface area contributed by atoms with Gasteiger partial charge in [0.05, 0.1) is 6.61 Å². The second kappa shape index (κ2) is 6.50. The van der Waals surface area contributed by atoms with Crippen LogP contribution in [0.3, 0.4) is 0 Å². The van der Waals surface area contributed by atoms with E-state index < -0.39 is 5.97 Å². The highest BCUT2D eigenvalue weighted by molar-refractivity contribution is 5.85. The van der Waals surface area contributed by atoms with E-state index in [9.17, 15) is 4.79 Å². The van der Waals surface area contributed by atoms with Gasteiger partial charge in [0, 0.05) is 19.3 Å². The van der Waals surface area contributed by atoms with Crippen molar-refractivity contribution in [3.05, 3.63) is 18.1 Å². The Morgan fingerprint density at radius 3 is 2.84 bits per heavy atom. The second-order valence-electron chi connectivity index (χ2n) is 4.86. The lowest BCUT2D eigenvalue weighted by Crippen LogP contribution is -2.34. The lowest BCUT2D eigenvalue weighted by atomic mass is 9.94. The summed E-state index contributed by atoms with van der Waals surface area (Å²) in [6, 6.07) is 2.36. The minimum atomic E-state index is -0.457. The molecule has 0 aliphatic heterocycles. The molecule has 5 nitrogen and oxygen atoms in total. The Bertz CT molecular complexity index is 430. The van der Waals surface area contributed by atoms with Gasteiger partial charge in [0.25, 0.3) is 0 Å². The summed E-state index contributed by atoms with van der Waals surface area (Å²) in [5.41, 5.74) is 0. The van der Waals surface area contributed by atoms with E-state index in [-0.39, 0.29) is 5.82 Å². The van der Waals surface area contributed by atoms with Gasteiger partial charge in [-0.05, 0) is 25.8 Å². The highest BCUT2D eigenvalue weighted by atomic mass is 16.5. The topological polar surface area (TPSA) is 55.3 Å². The molecule has 0 amide bonds. The van der Waals surface area contributed by atoms with Gasteiger partial charge < -0.3 is 9.64 Å². The van der Waals surface area contributed by atoms with Crippen molar-refractivity contribution >= 4 is 11.8 Å². The van der Waals surface area contributed by atoms with Crippen LogP contribution in [-0.4, -0.2) is 35.6 Å². The number of ether oxygens (including phenoxy) is 1. The fraction of sp³-hybridized carbons (Fsp3) is 0.643. The van der Waals surface area contributed by atoms with E-state index in [1.165, 1.54) is 32.1 Å². The van der Waals surface area contributed by atoms with Crippen LogP contribution >= 0.6 is 0 Å². The Hall–Kier alpha value is -1.65. The van der Waals surface area contributed by atoms with Gasteiger partial charge in [-0.1, -0.05) is 19.3 Å². The summed E-state index contributed by atoms with van der Waals surface area (Å²) in [5.74, 6) is 0.480. The van der Waals surface area contributed by atoms with Crippen LogP contribution in [0.1, 0.15) is 49.6 Å². The summed E-state index contributed by atoms with van der Waals surface area (Å²) in [6.07, 6.45) is 7.86. The summed E-state index contributed by atoms with van der Waals surface area (Å²) in [4.78, 5) is 22.1. The maximum Gasteiger partial charge on any atom is 0.376 e. The minimum Gasteiger partial charge on any atom is -0.460 e. The summed E-state index contributed by atoms with van der Waals surface area (Å²) < 4.78 is 4.93. The van der Waals surface area contributed by atoms with E-state index in [1.54, 1.807) is 13.1 Å². The molecule has 0 saturated heterocycles. The Morgan fingerprint density at radius 1 is 1.42 bits per heavy atom. The molecular weight excluding hydrogens is 242 g/mol. The minimum absolute atomic E-state index is 0.141. The molecule has 0 unspecified atom stereocenters. The molecule has 1 aromatic rings. The molecule has 2 rings (SSSR count). The number of aromatic nitrogens is 2. The highest BCUT2D eigenvalue weighted by Crippen LogP contribution is 2.24. The van der Waals surface area contributed by atoms with Crippen LogP contribution in [0.2, 0.25) is 0 Å². The van der Waals surface area contributed by atoms with Crippen molar-refractivity contribution in [2.24, 2.45) is 0 Å². The smallest absolute Gasteiger partial charge is 0.376 e. The SMILES string of the molecule is CCOC(=O)c1nccc(N(C)C2CCCCC2)n1. The van der Waals surface area contributed by atoms with Gasteiger partial charge in [-0.3, -0.25) is 0 Å². The van der Waals surface area contributed by atoms with Gasteiger partial charge in [0.1, 0.15) is 5.82 Å². The average Bonchev–Trinajstić information content (AvgIpc) is 2.48. The highest BCUT2D eigenvalue weighted by Gasteiger charge is 2.20. The molecule has 0 spiro atoms. The lowest BCUT2D eigenvalue weighted by molar-refractivity contribution is 0.0512. The zero-order valence-electron chi connectivity index (χ0n) is 11.6. The summed E-state index contributed by atoms with van der Waals surface area (Å²) in [6.45, 7) is 2.11. The van der Waals surface area contributed by atoms with Crippen molar-refractivity contribution in [1.29, 1.82) is 0 Å². The molecule has 5 heteroatoms. The van der Waals surface area contributed by atoms with Crippen LogP contribution in [-0.2, 0) is 4.74 Å². The van der Waals surface area contributed by atoms with Gasteiger partial charge in [-0.15, -0.1) is 0 Å². The van der Waals surface area contributed by atoms with Gasteiger partial charge in [-0.25, -0.2) is 14.8 Å². The van der Waals surface area contributed by atoms with Crippen LogP contribution in [0, 0.1) is 0 Å². The number of esters is 1. The monoisotopic (exact) mass is 263 g/mol. The molecular formula is C14H21N3O2. The molecule has 0 aromatic carbocycles. The van der Waals surface area contributed by atoms with Gasteiger partial charge in [0.15, 0.2) is 0 Å². The Balaban J connectivity index is 2.10. The maximum atomic E-state index is 11.6. The van der Waals surface area contributed by atoms with Gasteiger partial charge in [0.2, 0.25) is 5.82 Å². The van der Waals surface area contributed by atoms with E-state index >= 15 is 0 Å². The van der Waals surface area contributed by atoms with E-state index in [0.717, 1.165) is 5.82 Å². The summed E-state index contributed by atoms with van der Waals surface area (Å²) in [5, 5.41) is 0. The van der Waals surface area contributed by atoms with Crippen molar-refractivity contribution < 1.29 is 9.53 Å². The standard InChI is InChI=1S/C14H21N3O2/c1-3-19-14(18)13-15-10-9-12(16-13)17(2)11-7-5-4-6-8-11/h9-11H,3-8H2,1-2H3. The van der Waals surface area contributed by atoms with Gasteiger partial charge >= 0.3 is 5.97 Å². The average molecular weight is 263 g/mol. The molecule has 104 valence electrons. The number of nitrogens with zero attached hydrogens (tertiary/aromatic N) is 3. The molecule has 0 bridgehead atoms. The molecule has 1 aliphatic carbocycles. The van der Waals surface area contributed by atoms with Gasteiger partial charge in [-0.2, -0.15) is 0 Å². The fourth-order valence-electron chi connectivity index (χ4n) is 2.49. The third kappa shape index (κ3) is 3.43. The number of hydrogen-bond donors (Lipinski definition) is 0. The van der Waals surface area contributed by atoms with Crippen molar-refractivity contribution in [2.45, 2.75) is 45.1 Å². The molecule has 1 saturated carbocycles. The predicted molar refractivity (Wildman–Crippen MR) is 73.3 cm³/mol. The number of rotatable bonds is 4. The predicted octanol–water partition coefficient (Wildman–Crippen LogP) is 2.42. The van der Waals surface area contributed by atoms with Crippen molar-refractivity contribution in [3.63, 3.8) is 0 Å². The Labute approximate surface area is 114 Å². The molecule has 0 N–H and O–H groups in total. The third-order valence-corrected chi connectivity index (χ3v) is 3.58. The lowest BCUT2D eigenvalue weighted by Gasteiger charge is -2.32. The first-order valence-corrected chi connectivity index (χ1v) is 6.95. The van der Waals surface area contributed by atoms with Crippen LogP contribution in [0.4, 0.5) is 5.82 Å². The van der Waals surface area contributed by atoms with E-state index in [1.807, 2.05) is 13.1 Å². The maximum absolute atomic E-state index is 11.6. The fourth-order valence-corrected chi connectivity index (χ4v) is 2.49. The zero-order chi connectivity index (χ0) is 13.7. The third-order valence-electron chi connectivity index (χ3n) is 3.58. The number of hydrogen-bond acceptors (Lipinski definition) is 5. The van der Waals surface area contributed by atoms with Crippen LogP contribution in [0.15, 0.2) is 12.3 Å². The Morgan fingerprint density at radius 2 is 2.16 bits per heavy atom. The summed E-state index contributed by atoms with van der Waals surface area (Å²) in [7, 11) is 2.03. The van der Waals surface area contributed by atoms with Crippen molar-refractivity contribution in [1.82, 2.24) is 9.97 Å². The molecule has 1 aromatic heterocycles. The zero-order valence-corrected chi connectivity index (χ0v) is 11.6. The second-order valence-corrected chi connectivity index (χ2v) is 4.86. The molecule has 1 heterocycles. The number of carbonyl (C=O) groups excluding carboxylic acids is 1. The quantitative estimate of drug-likeness (QED) is 0.781. The van der Waals surface area contributed by atoms with Crippen molar-refractivity contribution in [2.75, 3.05) is 18.6 Å². The first kappa shape index (κ1) is 13.8. The molecule has 1 aliphatic rings. The molecule has 0 radical (unpaired) electrons. The Kier molecular flexibility index (Phi) is 4.71. The van der Waals surface area contributed by atoms with Crippen molar-refractivity contribution in [3.8, 4) is 0 Å². The largest absolute Gasteiger partial charge is 0.460 e. The molecule has 1 fully saturated rings.